The second kappa shape index (κ2) is 2.46. The first-order valence-corrected chi connectivity index (χ1v) is 3.18. The molecule has 1 heterocycles. The Morgan fingerprint density at radius 3 is 2.25 bits per heavy atom. The smallest absolute Gasteiger partial charge is 0.0237 e. The van der Waals surface area contributed by atoms with Gasteiger partial charge in [-0.1, -0.05) is 0 Å². The van der Waals surface area contributed by atoms with E-state index in [1.165, 1.54) is 0 Å². The summed E-state index contributed by atoms with van der Waals surface area (Å²) in [6.07, 6.45) is 2.13. The van der Waals surface area contributed by atoms with Crippen LogP contribution in [-0.4, -0.2) is 31.1 Å². The molecule has 2 heteroatoms. The average Bonchev–Trinajstić information content (AvgIpc) is 1.77. The van der Waals surface area contributed by atoms with Gasteiger partial charge in [0, 0.05) is 6.04 Å². The van der Waals surface area contributed by atoms with E-state index in [-0.39, 0.29) is 6.04 Å². The van der Waals surface area contributed by atoms with Crippen molar-refractivity contribution in [2.45, 2.75) is 18.9 Å². The van der Waals surface area contributed by atoms with Crippen molar-refractivity contribution in [2.24, 2.45) is 0 Å². The van der Waals surface area contributed by atoms with Gasteiger partial charge in [-0.3, -0.25) is 5.73 Å². The third-order valence-corrected chi connectivity index (χ3v) is 1.72. The number of piperidine rings is 1. The Morgan fingerprint density at radius 2 is 1.88 bits per heavy atom. The molecule has 0 unspecified atom stereocenters. The third-order valence-electron chi connectivity index (χ3n) is 1.72. The van der Waals surface area contributed by atoms with E-state index in [1.54, 1.807) is 0 Å². The highest BCUT2D eigenvalue weighted by molar-refractivity contribution is 4.70. The monoisotopic (exact) mass is 113 g/mol. The maximum atomic E-state index is 7.34. The van der Waals surface area contributed by atoms with Crippen molar-refractivity contribution in [3.05, 3.63) is 0 Å². The Balaban J connectivity index is 2.19. The fraction of sp³-hybridized carbons (Fsp3) is 1.00. The van der Waals surface area contributed by atoms with Crippen LogP contribution in [0.1, 0.15) is 12.8 Å². The van der Waals surface area contributed by atoms with Gasteiger partial charge in [-0.15, -0.1) is 0 Å². The molecule has 1 radical (unpaired) electrons. The lowest BCUT2D eigenvalue weighted by Crippen LogP contribution is -2.33. The number of likely N-dealkylation sites (tertiary alicyclic amines) is 1. The molecule has 8 heavy (non-hydrogen) atoms. The normalized spacial score (nSPS) is 26.2. The van der Waals surface area contributed by atoms with E-state index in [0.29, 0.717) is 0 Å². The van der Waals surface area contributed by atoms with Crippen LogP contribution in [0.15, 0.2) is 0 Å². The van der Waals surface area contributed by atoms with Gasteiger partial charge in [0.2, 0.25) is 0 Å². The summed E-state index contributed by atoms with van der Waals surface area (Å²) in [7, 11) is 2.12. The van der Waals surface area contributed by atoms with Gasteiger partial charge in [0.1, 0.15) is 0 Å². The highest BCUT2D eigenvalue weighted by atomic mass is 15.1. The predicted molar refractivity (Wildman–Crippen MR) is 33.6 cm³/mol. The van der Waals surface area contributed by atoms with Crippen molar-refractivity contribution < 1.29 is 0 Å². The zero-order valence-electron chi connectivity index (χ0n) is 5.35. The third kappa shape index (κ3) is 1.46. The van der Waals surface area contributed by atoms with Gasteiger partial charge in [0.15, 0.2) is 0 Å². The maximum absolute atomic E-state index is 7.34. The quantitative estimate of drug-likeness (QED) is 0.445. The van der Waals surface area contributed by atoms with E-state index in [1.807, 2.05) is 0 Å². The van der Waals surface area contributed by atoms with Crippen LogP contribution in [0.3, 0.4) is 0 Å². The van der Waals surface area contributed by atoms with Gasteiger partial charge in [-0.25, -0.2) is 0 Å². The summed E-state index contributed by atoms with van der Waals surface area (Å²) in [5.74, 6) is 0. The summed E-state index contributed by atoms with van der Waals surface area (Å²) in [6.45, 7) is 2.24. The number of nitrogens with one attached hydrogen (secondary N) is 1. The summed E-state index contributed by atoms with van der Waals surface area (Å²) < 4.78 is 0. The maximum Gasteiger partial charge on any atom is 0.0237 e. The Morgan fingerprint density at radius 1 is 1.38 bits per heavy atom. The average molecular weight is 113 g/mol. The van der Waals surface area contributed by atoms with Crippen molar-refractivity contribution >= 4 is 0 Å². The zero-order chi connectivity index (χ0) is 5.98. The molecular formula is C6H13N2. The Labute approximate surface area is 50.7 Å². The van der Waals surface area contributed by atoms with Crippen molar-refractivity contribution in [2.75, 3.05) is 20.1 Å². The molecule has 0 spiro atoms. The summed E-state index contributed by atoms with van der Waals surface area (Å²) in [5, 5.41) is 0. The highest BCUT2D eigenvalue weighted by Crippen LogP contribution is 2.05. The zero-order valence-corrected chi connectivity index (χ0v) is 5.35. The molecule has 2 nitrogen and oxygen atoms in total. The summed E-state index contributed by atoms with van der Waals surface area (Å²) >= 11 is 0. The van der Waals surface area contributed by atoms with Crippen LogP contribution in [0.4, 0.5) is 0 Å². The molecule has 0 aromatic rings. The molecule has 1 aliphatic rings. The van der Waals surface area contributed by atoms with E-state index < -0.39 is 0 Å². The minimum Gasteiger partial charge on any atom is -0.306 e. The molecule has 47 valence electrons. The van der Waals surface area contributed by atoms with Gasteiger partial charge in [0.25, 0.3) is 0 Å². The van der Waals surface area contributed by atoms with Crippen molar-refractivity contribution in [3.63, 3.8) is 0 Å². The van der Waals surface area contributed by atoms with Gasteiger partial charge in [0.05, 0.1) is 0 Å². The van der Waals surface area contributed by atoms with Gasteiger partial charge >= 0.3 is 0 Å². The van der Waals surface area contributed by atoms with E-state index in [2.05, 4.69) is 11.9 Å². The molecular weight excluding hydrogens is 100 g/mol. The van der Waals surface area contributed by atoms with Crippen molar-refractivity contribution in [1.82, 2.24) is 10.6 Å². The molecule has 1 rings (SSSR count). The summed E-state index contributed by atoms with van der Waals surface area (Å²) in [4.78, 5) is 2.28. The predicted octanol–water partition coefficient (Wildman–Crippen LogP) is 0.363. The molecule has 0 aromatic carbocycles. The molecule has 0 aliphatic carbocycles. The van der Waals surface area contributed by atoms with E-state index in [4.69, 9.17) is 5.73 Å². The number of rotatable bonds is 0. The lowest BCUT2D eigenvalue weighted by Gasteiger charge is -2.25. The van der Waals surface area contributed by atoms with Crippen LogP contribution in [0.2, 0.25) is 0 Å². The molecule has 1 fully saturated rings. The number of hydrogen-bond donors (Lipinski definition) is 0. The molecule has 0 atom stereocenters. The Hall–Kier alpha value is -0.0800. The molecule has 0 saturated carbocycles. The van der Waals surface area contributed by atoms with Crippen LogP contribution in [0.25, 0.3) is 0 Å². The minimum atomic E-state index is 0.228. The Bertz CT molecular complexity index is 54.9. The van der Waals surface area contributed by atoms with Crippen LogP contribution in [0.5, 0.6) is 0 Å². The SMILES string of the molecule is CN1CCC([NH])CC1. The van der Waals surface area contributed by atoms with Crippen LogP contribution in [-0.2, 0) is 0 Å². The molecule has 0 aromatic heterocycles. The second-order valence-corrected chi connectivity index (χ2v) is 2.58. The van der Waals surface area contributed by atoms with Crippen molar-refractivity contribution in [1.29, 1.82) is 0 Å². The van der Waals surface area contributed by atoms with Gasteiger partial charge in [-0.2, -0.15) is 0 Å². The molecule has 1 N–H and O–H groups in total. The molecule has 1 aliphatic heterocycles. The van der Waals surface area contributed by atoms with E-state index in [0.717, 1.165) is 25.9 Å². The largest absolute Gasteiger partial charge is 0.306 e. The molecule has 0 bridgehead atoms. The van der Waals surface area contributed by atoms with E-state index >= 15 is 0 Å². The first-order chi connectivity index (χ1) is 3.79. The molecule has 0 amide bonds. The standard InChI is InChI=1S/C6H13N2/c1-8-4-2-6(7)3-5-8/h6-7H,2-5H2,1H3. The van der Waals surface area contributed by atoms with Crippen molar-refractivity contribution in [3.8, 4) is 0 Å². The lowest BCUT2D eigenvalue weighted by atomic mass is 10.1. The fourth-order valence-corrected chi connectivity index (χ4v) is 1.01. The topological polar surface area (TPSA) is 27.0 Å². The summed E-state index contributed by atoms with van der Waals surface area (Å²) in [5.41, 5.74) is 7.34. The number of hydrogen-bond acceptors (Lipinski definition) is 1. The highest BCUT2D eigenvalue weighted by Gasteiger charge is 2.11. The first-order valence-electron chi connectivity index (χ1n) is 3.18. The second-order valence-electron chi connectivity index (χ2n) is 2.58. The summed E-state index contributed by atoms with van der Waals surface area (Å²) in [6, 6.07) is 0.228. The van der Waals surface area contributed by atoms with Gasteiger partial charge < -0.3 is 4.90 Å². The van der Waals surface area contributed by atoms with Crippen LogP contribution >= 0.6 is 0 Å². The van der Waals surface area contributed by atoms with Crippen LogP contribution < -0.4 is 5.73 Å². The molecule has 1 saturated heterocycles. The van der Waals surface area contributed by atoms with Gasteiger partial charge in [-0.05, 0) is 33.0 Å². The Kier molecular flexibility index (Phi) is 1.86. The fourth-order valence-electron chi connectivity index (χ4n) is 1.01. The lowest BCUT2D eigenvalue weighted by molar-refractivity contribution is 0.253. The van der Waals surface area contributed by atoms with E-state index in [9.17, 15) is 0 Å². The number of nitrogens with zero attached hydrogens (tertiary/aromatic N) is 1. The van der Waals surface area contributed by atoms with Crippen LogP contribution in [0, 0.1) is 0 Å². The minimum absolute atomic E-state index is 0.228. The first kappa shape index (κ1) is 6.05.